The van der Waals surface area contributed by atoms with Crippen LogP contribution >= 0.6 is 0 Å². The summed E-state index contributed by atoms with van der Waals surface area (Å²) in [5.41, 5.74) is 3.41. The van der Waals surface area contributed by atoms with Crippen LogP contribution in [0.3, 0.4) is 0 Å². The Labute approximate surface area is 263 Å². The van der Waals surface area contributed by atoms with E-state index in [1.165, 1.54) is 12.7 Å². The average Bonchev–Trinajstić information content (AvgIpc) is 3.32. The van der Waals surface area contributed by atoms with Crippen molar-refractivity contribution in [1.82, 2.24) is 15.2 Å². The van der Waals surface area contributed by atoms with Gasteiger partial charge in [0.15, 0.2) is 0 Å². The van der Waals surface area contributed by atoms with E-state index in [0.717, 1.165) is 41.3 Å². The number of amides is 1. The number of carboxylic acid groups (broad SMARTS) is 1. The first kappa shape index (κ1) is 37.0. The van der Waals surface area contributed by atoms with E-state index in [2.05, 4.69) is 38.3 Å². The number of hydrogen-bond donors (Lipinski definition) is 4. The van der Waals surface area contributed by atoms with Crippen LogP contribution in [0.2, 0.25) is 0 Å². The van der Waals surface area contributed by atoms with E-state index in [4.69, 9.17) is 9.90 Å². The zero-order valence-electron chi connectivity index (χ0n) is 27.0. The number of carbonyl (C=O) groups is 2. The van der Waals surface area contributed by atoms with Gasteiger partial charge < -0.3 is 25.4 Å². The number of rotatable bonds is 16. The van der Waals surface area contributed by atoms with E-state index in [9.17, 15) is 18.3 Å². The summed E-state index contributed by atoms with van der Waals surface area (Å²) in [6.45, 7) is 11.3. The van der Waals surface area contributed by atoms with Crippen molar-refractivity contribution >= 4 is 33.1 Å². The number of carbonyl (C=O) groups excluding carboxylic acids is 1. The van der Waals surface area contributed by atoms with E-state index in [0.29, 0.717) is 31.0 Å². The van der Waals surface area contributed by atoms with E-state index in [-0.39, 0.29) is 23.7 Å². The van der Waals surface area contributed by atoms with E-state index in [1.807, 2.05) is 60.2 Å². The lowest BCUT2D eigenvalue weighted by Crippen LogP contribution is -2.52. The van der Waals surface area contributed by atoms with Gasteiger partial charge in [0.25, 0.3) is 12.4 Å². The van der Waals surface area contributed by atoms with Crippen LogP contribution in [-0.4, -0.2) is 71.8 Å². The molecule has 3 aromatic rings. The van der Waals surface area contributed by atoms with Crippen LogP contribution < -0.4 is 10.6 Å². The fourth-order valence-corrected chi connectivity index (χ4v) is 5.74. The van der Waals surface area contributed by atoms with Gasteiger partial charge in [-0.15, -0.1) is 0 Å². The number of aliphatic hydroxyl groups is 1. The molecule has 4 N–H and O–H groups in total. The van der Waals surface area contributed by atoms with Crippen LogP contribution in [0.15, 0.2) is 54.7 Å². The molecule has 244 valence electrons. The van der Waals surface area contributed by atoms with Crippen molar-refractivity contribution in [3.63, 3.8) is 0 Å². The van der Waals surface area contributed by atoms with Gasteiger partial charge in [0.05, 0.1) is 17.9 Å². The number of aliphatic hydroxyl groups excluding tert-OH is 1. The highest BCUT2D eigenvalue weighted by Crippen LogP contribution is 2.24. The maximum atomic E-state index is 13.5. The fourth-order valence-electron chi connectivity index (χ4n) is 5.21. The van der Waals surface area contributed by atoms with Crippen molar-refractivity contribution in [2.45, 2.75) is 91.0 Å². The van der Waals surface area contributed by atoms with E-state index < -0.39 is 22.0 Å². The Hall–Kier alpha value is -3.21. The van der Waals surface area contributed by atoms with Gasteiger partial charge in [-0.25, -0.2) is 8.42 Å². The molecule has 1 heterocycles. The molecule has 0 aliphatic heterocycles. The zero-order valence-corrected chi connectivity index (χ0v) is 27.9. The third-order valence-electron chi connectivity index (χ3n) is 7.76. The molecule has 0 aliphatic rings. The molecule has 0 fully saturated rings. The highest BCUT2D eigenvalue weighted by Gasteiger charge is 2.26. The van der Waals surface area contributed by atoms with E-state index in [1.54, 1.807) is 6.07 Å². The second-order valence-corrected chi connectivity index (χ2v) is 14.8. The number of aryl methyl sites for hydroxylation is 2. The van der Waals surface area contributed by atoms with Gasteiger partial charge in [0, 0.05) is 47.5 Å². The number of fused-ring (bicyclic) bond motifs is 1. The molecule has 1 aromatic heterocycles. The summed E-state index contributed by atoms with van der Waals surface area (Å²) >= 11 is 0. The second-order valence-electron chi connectivity index (χ2n) is 12.6. The van der Waals surface area contributed by atoms with Gasteiger partial charge in [0.1, 0.15) is 9.84 Å². The lowest BCUT2D eigenvalue weighted by Gasteiger charge is -2.31. The maximum Gasteiger partial charge on any atom is 0.290 e. The van der Waals surface area contributed by atoms with Gasteiger partial charge >= 0.3 is 0 Å². The summed E-state index contributed by atoms with van der Waals surface area (Å²) in [7, 11) is -3.09. The molecule has 3 rings (SSSR count). The molecule has 1 amide bonds. The molecule has 0 aliphatic carbocycles. The van der Waals surface area contributed by atoms with Crippen LogP contribution in [0.4, 0.5) is 0 Å². The van der Waals surface area contributed by atoms with Crippen LogP contribution in [-0.2, 0) is 34.0 Å². The van der Waals surface area contributed by atoms with Gasteiger partial charge in [-0.1, -0.05) is 63.9 Å². The van der Waals surface area contributed by atoms with Crippen molar-refractivity contribution in [3.05, 3.63) is 71.4 Å². The third-order valence-corrected chi connectivity index (χ3v) is 8.69. The quantitative estimate of drug-likeness (QED) is 0.166. The molecule has 0 saturated carbocycles. The highest BCUT2D eigenvalue weighted by atomic mass is 32.2. The molecule has 44 heavy (non-hydrogen) atoms. The third kappa shape index (κ3) is 12.4. The number of sulfone groups is 1. The Bertz CT molecular complexity index is 1430. The van der Waals surface area contributed by atoms with Crippen molar-refractivity contribution in [3.8, 4) is 0 Å². The Morgan fingerprint density at radius 2 is 1.77 bits per heavy atom. The number of β-amino-alcohol motifs (C(OH)–C–C–N with tert-alkyl or cyclic N) is 1. The largest absolute Gasteiger partial charge is 0.483 e. The van der Waals surface area contributed by atoms with Crippen molar-refractivity contribution in [1.29, 1.82) is 0 Å². The number of benzene rings is 2. The minimum atomic E-state index is -3.09. The first-order valence-electron chi connectivity index (χ1n) is 15.3. The second kappa shape index (κ2) is 17.3. The smallest absolute Gasteiger partial charge is 0.290 e. The molecule has 0 spiro atoms. The topological polar surface area (TPSA) is 138 Å². The van der Waals surface area contributed by atoms with Crippen LogP contribution in [0, 0.1) is 5.92 Å². The van der Waals surface area contributed by atoms with Crippen molar-refractivity contribution < 1.29 is 28.2 Å². The summed E-state index contributed by atoms with van der Waals surface area (Å²) in [4.78, 5) is 21.9. The molecule has 0 unspecified atom stereocenters. The summed E-state index contributed by atoms with van der Waals surface area (Å²) in [6.07, 6.45) is 7.02. The van der Waals surface area contributed by atoms with Crippen molar-refractivity contribution in [2.24, 2.45) is 5.92 Å². The molecule has 10 heteroatoms. The molecular formula is C34H51N3O6S. The lowest BCUT2D eigenvalue weighted by atomic mass is 9.93. The predicted molar refractivity (Wildman–Crippen MR) is 178 cm³/mol. The average molecular weight is 630 g/mol. The highest BCUT2D eigenvalue weighted by molar-refractivity contribution is 7.90. The van der Waals surface area contributed by atoms with Gasteiger partial charge in [-0.05, 0) is 68.4 Å². The summed E-state index contributed by atoms with van der Waals surface area (Å²) in [6, 6.07) is 15.0. The minimum Gasteiger partial charge on any atom is -0.483 e. The molecule has 2 aromatic carbocycles. The summed E-state index contributed by atoms with van der Waals surface area (Å²) in [5.74, 6) is 0.485. The number of hydrogen-bond acceptors (Lipinski definition) is 6. The first-order valence-corrected chi connectivity index (χ1v) is 17.4. The predicted octanol–water partition coefficient (Wildman–Crippen LogP) is 4.85. The SMILES string of the molecule is CCc1cn(CCS(C)(=O)=O)c2ccc(C(=O)N[C@@H](Cc3ccccc3)[C@H](O)CNC(C)(C)CCCC(C)C)cc12.O=CO. The molecule has 0 radical (unpaired) electrons. The molecular weight excluding hydrogens is 578 g/mol. The van der Waals surface area contributed by atoms with Crippen LogP contribution in [0.25, 0.3) is 10.9 Å². The van der Waals surface area contributed by atoms with Gasteiger partial charge in [0.2, 0.25) is 0 Å². The maximum absolute atomic E-state index is 13.5. The Morgan fingerprint density at radius 1 is 1.11 bits per heavy atom. The Morgan fingerprint density at radius 3 is 2.36 bits per heavy atom. The summed E-state index contributed by atoms with van der Waals surface area (Å²) < 4.78 is 25.4. The Kier molecular flexibility index (Phi) is 14.6. The standard InChI is InChI=1S/C33H49N3O4S.CH2O2/c1-7-26-23-36(18-19-41(6,39)40)30-16-15-27(21-28(26)30)32(38)35-29(20-25-13-9-8-10-14-25)31(37)22-34-33(4,5)17-11-12-24(2)3;2-1-3/h8-10,13-16,21,23-24,29,31,34,37H,7,11-12,17-20,22H2,1-6H3,(H,35,38);1H,(H,2,3)/t29-,31+;/m0./s1. The molecule has 9 nitrogen and oxygen atoms in total. The summed E-state index contributed by atoms with van der Waals surface area (Å²) in [5, 5.41) is 25.8. The van der Waals surface area contributed by atoms with Gasteiger partial charge in [-0.3, -0.25) is 9.59 Å². The Balaban J connectivity index is 0.00000216. The zero-order chi connectivity index (χ0) is 32.9. The molecule has 0 saturated heterocycles. The molecule has 2 atom stereocenters. The number of aromatic nitrogens is 1. The number of nitrogens with one attached hydrogen (secondary N) is 2. The normalized spacial score (nSPS) is 13.3. The lowest BCUT2D eigenvalue weighted by molar-refractivity contribution is -0.122. The monoisotopic (exact) mass is 629 g/mol. The number of nitrogens with zero attached hydrogens (tertiary/aromatic N) is 1. The molecule has 0 bridgehead atoms. The minimum absolute atomic E-state index is 0.0593. The van der Waals surface area contributed by atoms with E-state index >= 15 is 0 Å². The van der Waals surface area contributed by atoms with Crippen LogP contribution in [0.1, 0.15) is 75.4 Å². The first-order chi connectivity index (χ1) is 20.7. The fraction of sp³-hybridized carbons (Fsp3) is 0.529. The van der Waals surface area contributed by atoms with Crippen molar-refractivity contribution in [2.75, 3.05) is 18.6 Å². The van der Waals surface area contributed by atoms with Crippen LogP contribution in [0.5, 0.6) is 0 Å². The van der Waals surface area contributed by atoms with Gasteiger partial charge in [-0.2, -0.15) is 0 Å².